The van der Waals surface area contributed by atoms with Crippen LogP contribution in [0.4, 0.5) is 0 Å². The summed E-state index contributed by atoms with van der Waals surface area (Å²) in [6.45, 7) is 0.411. The molecule has 1 N–H and O–H groups in total. The fourth-order valence-corrected chi connectivity index (χ4v) is 4.61. The number of amides is 2. The molecular formula is C25H22N4O2S. The van der Waals surface area contributed by atoms with Crippen LogP contribution < -0.4 is 0 Å². The Labute approximate surface area is 190 Å². The van der Waals surface area contributed by atoms with Crippen LogP contribution in [0.3, 0.4) is 0 Å². The second-order valence-corrected chi connectivity index (χ2v) is 8.28. The molecule has 0 radical (unpaired) electrons. The van der Waals surface area contributed by atoms with Gasteiger partial charge in [-0.15, -0.1) is 0 Å². The number of H-pyrrole nitrogens is 1. The van der Waals surface area contributed by atoms with Gasteiger partial charge in [0.15, 0.2) is 4.77 Å². The molecule has 3 aromatic carbocycles. The standard InChI is InChI=1S/C25H22N4O2S/c30-23-19-13-7-9-17-10-8-14-20(22(17)19)24(31)28(23)16-6-2-5-15-21-26-27-25(32)29(21)18-11-3-1-4-12-18/h1,3-4,7-14H,2,5-6,15-16H2,(H,27,32). The molecule has 1 aliphatic heterocycles. The van der Waals surface area contributed by atoms with Crippen LogP contribution >= 0.6 is 12.2 Å². The third-order valence-corrected chi connectivity index (χ3v) is 6.17. The van der Waals surface area contributed by atoms with Crippen LogP contribution in [0, 0.1) is 4.77 Å². The van der Waals surface area contributed by atoms with Crippen LogP contribution in [0.2, 0.25) is 0 Å². The maximum atomic E-state index is 13.0. The van der Waals surface area contributed by atoms with E-state index in [0.717, 1.165) is 48.0 Å². The van der Waals surface area contributed by atoms with E-state index in [1.807, 2.05) is 59.2 Å². The third-order valence-electron chi connectivity index (χ3n) is 5.89. The lowest BCUT2D eigenvalue weighted by atomic mass is 9.94. The monoisotopic (exact) mass is 442 g/mol. The number of nitrogens with one attached hydrogen (secondary N) is 1. The van der Waals surface area contributed by atoms with Gasteiger partial charge in [0.1, 0.15) is 5.82 Å². The van der Waals surface area contributed by atoms with Crippen molar-refractivity contribution < 1.29 is 9.59 Å². The minimum absolute atomic E-state index is 0.204. The number of benzene rings is 3. The van der Waals surface area contributed by atoms with Crippen LogP contribution in [0.15, 0.2) is 66.7 Å². The summed E-state index contributed by atoms with van der Waals surface area (Å²) in [5, 5.41) is 8.95. The number of unbranched alkanes of at least 4 members (excludes halogenated alkanes) is 2. The highest BCUT2D eigenvalue weighted by Gasteiger charge is 2.32. The van der Waals surface area contributed by atoms with Crippen molar-refractivity contribution in [1.82, 2.24) is 19.7 Å². The first kappa shape index (κ1) is 20.3. The van der Waals surface area contributed by atoms with Gasteiger partial charge in [-0.25, -0.2) is 0 Å². The summed E-state index contributed by atoms with van der Waals surface area (Å²) in [4.78, 5) is 27.3. The van der Waals surface area contributed by atoms with Gasteiger partial charge in [-0.05, 0) is 54.7 Å². The molecule has 1 aromatic heterocycles. The van der Waals surface area contributed by atoms with Crippen molar-refractivity contribution in [2.24, 2.45) is 0 Å². The van der Waals surface area contributed by atoms with Crippen molar-refractivity contribution >= 4 is 34.8 Å². The molecule has 32 heavy (non-hydrogen) atoms. The Morgan fingerprint density at radius 2 is 1.50 bits per heavy atom. The van der Waals surface area contributed by atoms with Gasteiger partial charge >= 0.3 is 0 Å². The van der Waals surface area contributed by atoms with Gasteiger partial charge in [-0.3, -0.25) is 24.2 Å². The Hall–Kier alpha value is -3.58. The summed E-state index contributed by atoms with van der Waals surface area (Å²) in [5.41, 5.74) is 2.20. The zero-order valence-electron chi connectivity index (χ0n) is 17.5. The molecule has 1 aliphatic rings. The number of carbonyl (C=O) groups is 2. The second-order valence-electron chi connectivity index (χ2n) is 7.90. The number of hydrogen-bond donors (Lipinski definition) is 1. The molecule has 0 unspecified atom stereocenters. The molecule has 2 amide bonds. The molecule has 2 heterocycles. The number of imide groups is 1. The zero-order valence-corrected chi connectivity index (χ0v) is 18.3. The molecule has 0 saturated carbocycles. The molecule has 4 aromatic rings. The number of aromatic nitrogens is 3. The molecule has 0 atom stereocenters. The Morgan fingerprint density at radius 3 is 2.19 bits per heavy atom. The van der Waals surface area contributed by atoms with Gasteiger partial charge in [0.05, 0.1) is 0 Å². The van der Waals surface area contributed by atoms with E-state index in [1.165, 1.54) is 4.90 Å². The van der Waals surface area contributed by atoms with Crippen LogP contribution in [-0.4, -0.2) is 38.0 Å². The van der Waals surface area contributed by atoms with E-state index in [9.17, 15) is 9.59 Å². The first-order valence-electron chi connectivity index (χ1n) is 10.7. The Morgan fingerprint density at radius 1 is 0.812 bits per heavy atom. The number of hydrogen-bond acceptors (Lipinski definition) is 4. The average molecular weight is 443 g/mol. The van der Waals surface area contributed by atoms with Crippen molar-refractivity contribution in [3.05, 3.63) is 88.5 Å². The van der Waals surface area contributed by atoms with Crippen molar-refractivity contribution in [3.63, 3.8) is 0 Å². The molecule has 0 bridgehead atoms. The highest BCUT2D eigenvalue weighted by atomic mass is 32.1. The molecule has 5 rings (SSSR count). The van der Waals surface area contributed by atoms with Crippen molar-refractivity contribution in [2.75, 3.05) is 6.54 Å². The average Bonchev–Trinajstić information content (AvgIpc) is 3.19. The minimum Gasteiger partial charge on any atom is -0.274 e. The van der Waals surface area contributed by atoms with E-state index >= 15 is 0 Å². The van der Waals surface area contributed by atoms with Gasteiger partial charge in [-0.1, -0.05) is 48.9 Å². The van der Waals surface area contributed by atoms with Gasteiger partial charge in [0, 0.05) is 35.2 Å². The molecule has 6 nitrogen and oxygen atoms in total. The molecule has 160 valence electrons. The molecule has 0 spiro atoms. The van der Waals surface area contributed by atoms with Gasteiger partial charge in [-0.2, -0.15) is 5.10 Å². The minimum atomic E-state index is -0.204. The Bertz CT molecular complexity index is 1320. The van der Waals surface area contributed by atoms with Gasteiger partial charge in [0.2, 0.25) is 0 Å². The van der Waals surface area contributed by atoms with Crippen LogP contribution in [-0.2, 0) is 6.42 Å². The van der Waals surface area contributed by atoms with Crippen molar-refractivity contribution in [3.8, 4) is 5.69 Å². The van der Waals surface area contributed by atoms with E-state index in [-0.39, 0.29) is 11.8 Å². The number of aryl methyl sites for hydroxylation is 1. The van der Waals surface area contributed by atoms with Gasteiger partial charge < -0.3 is 0 Å². The highest BCUT2D eigenvalue weighted by molar-refractivity contribution is 7.71. The maximum Gasteiger partial charge on any atom is 0.261 e. The quantitative estimate of drug-likeness (QED) is 0.246. The Kier molecular flexibility index (Phi) is 5.41. The van der Waals surface area contributed by atoms with Gasteiger partial charge in [0.25, 0.3) is 11.8 Å². The predicted molar refractivity (Wildman–Crippen MR) is 126 cm³/mol. The van der Waals surface area contributed by atoms with Crippen LogP contribution in [0.25, 0.3) is 16.5 Å². The summed E-state index contributed by atoms with van der Waals surface area (Å²) < 4.78 is 2.52. The predicted octanol–water partition coefficient (Wildman–Crippen LogP) is 5.09. The van der Waals surface area contributed by atoms with E-state index in [2.05, 4.69) is 10.2 Å². The molecule has 0 saturated heterocycles. The zero-order chi connectivity index (χ0) is 22.1. The summed E-state index contributed by atoms with van der Waals surface area (Å²) in [7, 11) is 0. The molecule has 7 heteroatoms. The summed E-state index contributed by atoms with van der Waals surface area (Å²) in [5.74, 6) is 0.473. The summed E-state index contributed by atoms with van der Waals surface area (Å²) in [6, 6.07) is 21.1. The van der Waals surface area contributed by atoms with Crippen LogP contribution in [0.5, 0.6) is 0 Å². The third kappa shape index (κ3) is 3.54. The number of aromatic amines is 1. The number of carbonyl (C=O) groups excluding carboxylic acids is 2. The lowest BCUT2D eigenvalue weighted by Gasteiger charge is -2.27. The van der Waals surface area contributed by atoms with E-state index < -0.39 is 0 Å². The Balaban J connectivity index is 1.23. The maximum absolute atomic E-state index is 13.0. The van der Waals surface area contributed by atoms with Crippen molar-refractivity contribution in [2.45, 2.75) is 25.7 Å². The van der Waals surface area contributed by atoms with Crippen molar-refractivity contribution in [1.29, 1.82) is 0 Å². The lowest BCUT2D eigenvalue weighted by molar-refractivity contribution is 0.0608. The molecular weight excluding hydrogens is 420 g/mol. The smallest absolute Gasteiger partial charge is 0.261 e. The number of rotatable bonds is 7. The number of para-hydroxylation sites is 1. The first-order chi connectivity index (χ1) is 15.6. The second kappa shape index (κ2) is 8.51. The number of nitrogens with zero attached hydrogens (tertiary/aromatic N) is 3. The fourth-order valence-electron chi connectivity index (χ4n) is 4.35. The summed E-state index contributed by atoms with van der Waals surface area (Å²) in [6.07, 6.45) is 3.25. The lowest BCUT2D eigenvalue weighted by Crippen LogP contribution is -2.40. The summed E-state index contributed by atoms with van der Waals surface area (Å²) >= 11 is 5.39. The van der Waals surface area contributed by atoms with E-state index in [0.29, 0.717) is 22.4 Å². The van der Waals surface area contributed by atoms with E-state index in [1.54, 1.807) is 12.1 Å². The van der Waals surface area contributed by atoms with E-state index in [4.69, 9.17) is 12.2 Å². The SMILES string of the molecule is O=C1c2cccc3cccc(c23)C(=O)N1CCCCCc1n[nH]c(=S)n1-c1ccccc1. The first-order valence-corrected chi connectivity index (χ1v) is 11.2. The largest absolute Gasteiger partial charge is 0.274 e. The fraction of sp³-hybridized carbons (Fsp3) is 0.200. The topological polar surface area (TPSA) is 71.0 Å². The van der Waals surface area contributed by atoms with Crippen LogP contribution in [0.1, 0.15) is 45.8 Å². The molecule has 0 fully saturated rings. The normalized spacial score (nSPS) is 13.2. The molecule has 0 aliphatic carbocycles. The highest BCUT2D eigenvalue weighted by Crippen LogP contribution is 2.30.